The van der Waals surface area contributed by atoms with E-state index in [1.165, 1.54) is 0 Å². The zero-order valence-electron chi connectivity index (χ0n) is 11.4. The standard InChI is InChI=1S/C14H21N3O2/c1-3-14(11(2)13(9-18)16-17-15)19-10-12-7-5-4-6-8-12/h4-8,11,13-14,18H,3,9-10H2,1-2H3/t11-,13-,14+/m0/s1. The van der Waals surface area contributed by atoms with Crippen molar-refractivity contribution in [1.29, 1.82) is 0 Å². The predicted octanol–water partition coefficient (Wildman–Crippen LogP) is 3.29. The highest BCUT2D eigenvalue weighted by Crippen LogP contribution is 2.19. The van der Waals surface area contributed by atoms with Crippen molar-refractivity contribution in [3.8, 4) is 0 Å². The molecule has 0 radical (unpaired) electrons. The molecule has 104 valence electrons. The number of aliphatic hydroxyl groups is 1. The maximum Gasteiger partial charge on any atom is 0.0720 e. The van der Waals surface area contributed by atoms with Gasteiger partial charge in [-0.05, 0) is 23.4 Å². The van der Waals surface area contributed by atoms with E-state index < -0.39 is 6.04 Å². The normalized spacial score (nSPS) is 15.3. The molecule has 19 heavy (non-hydrogen) atoms. The average molecular weight is 263 g/mol. The summed E-state index contributed by atoms with van der Waals surface area (Å²) in [7, 11) is 0. The molecule has 0 aliphatic heterocycles. The van der Waals surface area contributed by atoms with Crippen LogP contribution in [-0.4, -0.2) is 23.9 Å². The second-order valence-corrected chi connectivity index (χ2v) is 4.56. The van der Waals surface area contributed by atoms with Crippen molar-refractivity contribution in [3.63, 3.8) is 0 Å². The van der Waals surface area contributed by atoms with Crippen molar-refractivity contribution >= 4 is 0 Å². The van der Waals surface area contributed by atoms with Crippen LogP contribution in [0.2, 0.25) is 0 Å². The summed E-state index contributed by atoms with van der Waals surface area (Å²) in [4.78, 5) is 2.77. The number of rotatable bonds is 8. The number of benzene rings is 1. The van der Waals surface area contributed by atoms with Crippen LogP contribution in [0.1, 0.15) is 25.8 Å². The fourth-order valence-corrected chi connectivity index (χ4v) is 2.04. The molecule has 0 saturated carbocycles. The lowest BCUT2D eigenvalue weighted by molar-refractivity contribution is -0.00886. The lowest BCUT2D eigenvalue weighted by atomic mass is 9.95. The summed E-state index contributed by atoms with van der Waals surface area (Å²) >= 11 is 0. The van der Waals surface area contributed by atoms with Crippen molar-refractivity contribution < 1.29 is 9.84 Å². The van der Waals surface area contributed by atoms with Gasteiger partial charge in [0.15, 0.2) is 0 Å². The molecule has 1 aromatic carbocycles. The van der Waals surface area contributed by atoms with Crippen molar-refractivity contribution in [2.24, 2.45) is 11.0 Å². The summed E-state index contributed by atoms with van der Waals surface area (Å²) in [6, 6.07) is 9.49. The monoisotopic (exact) mass is 263 g/mol. The van der Waals surface area contributed by atoms with Gasteiger partial charge in [-0.2, -0.15) is 0 Å². The molecule has 0 fully saturated rings. The van der Waals surface area contributed by atoms with Crippen LogP contribution in [-0.2, 0) is 11.3 Å². The van der Waals surface area contributed by atoms with E-state index in [1.54, 1.807) is 0 Å². The molecule has 0 aliphatic rings. The first-order valence-electron chi connectivity index (χ1n) is 6.53. The molecular formula is C14H21N3O2. The maximum atomic E-state index is 9.24. The van der Waals surface area contributed by atoms with E-state index in [9.17, 15) is 5.11 Å². The predicted molar refractivity (Wildman–Crippen MR) is 74.5 cm³/mol. The van der Waals surface area contributed by atoms with E-state index >= 15 is 0 Å². The number of hydrogen-bond acceptors (Lipinski definition) is 3. The van der Waals surface area contributed by atoms with Gasteiger partial charge in [0.25, 0.3) is 0 Å². The fourth-order valence-electron chi connectivity index (χ4n) is 2.04. The molecule has 1 N–H and O–H groups in total. The van der Waals surface area contributed by atoms with Crippen molar-refractivity contribution in [2.45, 2.75) is 39.0 Å². The Morgan fingerprint density at radius 2 is 2.05 bits per heavy atom. The maximum absolute atomic E-state index is 9.24. The van der Waals surface area contributed by atoms with E-state index in [2.05, 4.69) is 10.0 Å². The smallest absolute Gasteiger partial charge is 0.0720 e. The second-order valence-electron chi connectivity index (χ2n) is 4.56. The molecule has 0 amide bonds. The molecule has 5 heteroatoms. The van der Waals surface area contributed by atoms with Crippen molar-refractivity contribution in [1.82, 2.24) is 0 Å². The topological polar surface area (TPSA) is 78.2 Å². The Kier molecular flexibility index (Phi) is 6.97. The van der Waals surface area contributed by atoms with E-state index in [1.807, 2.05) is 44.2 Å². The Bertz CT molecular complexity index is 404. The third-order valence-corrected chi connectivity index (χ3v) is 3.29. The van der Waals surface area contributed by atoms with E-state index in [0.29, 0.717) is 6.61 Å². The van der Waals surface area contributed by atoms with Crippen LogP contribution >= 0.6 is 0 Å². The van der Waals surface area contributed by atoms with Gasteiger partial charge in [0.05, 0.1) is 25.4 Å². The quantitative estimate of drug-likeness (QED) is 0.443. The minimum absolute atomic E-state index is 0.0189. The van der Waals surface area contributed by atoms with Crippen LogP contribution in [0.5, 0.6) is 0 Å². The summed E-state index contributed by atoms with van der Waals surface area (Å²) in [5.41, 5.74) is 9.59. The third-order valence-electron chi connectivity index (χ3n) is 3.29. The van der Waals surface area contributed by atoms with Gasteiger partial charge in [-0.25, -0.2) is 0 Å². The van der Waals surface area contributed by atoms with Crippen LogP contribution in [0, 0.1) is 5.92 Å². The van der Waals surface area contributed by atoms with Crippen LogP contribution in [0.25, 0.3) is 10.4 Å². The lowest BCUT2D eigenvalue weighted by Crippen LogP contribution is -2.32. The Hall–Kier alpha value is -1.55. The number of nitrogens with zero attached hydrogens (tertiary/aromatic N) is 3. The van der Waals surface area contributed by atoms with Crippen LogP contribution in [0.15, 0.2) is 35.4 Å². The number of ether oxygens (including phenoxy) is 1. The number of azide groups is 1. The zero-order valence-corrected chi connectivity index (χ0v) is 11.4. The SMILES string of the molecule is CC[C@@H](OCc1ccccc1)[C@@H](C)[C@H](CO)N=[N+]=[N-]. The Morgan fingerprint density at radius 1 is 1.37 bits per heavy atom. The van der Waals surface area contributed by atoms with Gasteiger partial charge < -0.3 is 9.84 Å². The zero-order chi connectivity index (χ0) is 14.1. The first-order valence-corrected chi connectivity index (χ1v) is 6.53. The molecule has 0 heterocycles. The number of aliphatic hydroxyl groups excluding tert-OH is 1. The molecule has 1 rings (SSSR count). The summed E-state index contributed by atoms with van der Waals surface area (Å²) in [5, 5.41) is 12.9. The Balaban J connectivity index is 2.59. The molecule has 5 nitrogen and oxygen atoms in total. The Labute approximate surface area is 113 Å². The van der Waals surface area contributed by atoms with Crippen LogP contribution in [0.3, 0.4) is 0 Å². The van der Waals surface area contributed by atoms with Gasteiger partial charge >= 0.3 is 0 Å². The summed E-state index contributed by atoms with van der Waals surface area (Å²) in [5.74, 6) is -0.0189. The van der Waals surface area contributed by atoms with Gasteiger partial charge in [-0.3, -0.25) is 0 Å². The van der Waals surface area contributed by atoms with Crippen LogP contribution < -0.4 is 0 Å². The minimum atomic E-state index is -0.439. The second kappa shape index (κ2) is 8.53. The largest absolute Gasteiger partial charge is 0.396 e. The van der Waals surface area contributed by atoms with Gasteiger partial charge in [0, 0.05) is 4.91 Å². The number of hydrogen-bond donors (Lipinski definition) is 1. The van der Waals surface area contributed by atoms with Crippen molar-refractivity contribution in [3.05, 3.63) is 46.3 Å². The van der Waals surface area contributed by atoms with Crippen LogP contribution in [0.4, 0.5) is 0 Å². The molecule has 0 bridgehead atoms. The third kappa shape index (κ3) is 4.91. The Morgan fingerprint density at radius 3 is 2.58 bits per heavy atom. The first kappa shape index (κ1) is 15.5. The molecule has 0 aliphatic carbocycles. The first-order chi connectivity index (χ1) is 9.22. The molecule has 0 saturated heterocycles. The summed E-state index contributed by atoms with van der Waals surface area (Å²) < 4.78 is 5.87. The van der Waals surface area contributed by atoms with Crippen molar-refractivity contribution in [2.75, 3.05) is 6.61 Å². The van der Waals surface area contributed by atoms with Gasteiger partial charge in [-0.15, -0.1) is 0 Å². The van der Waals surface area contributed by atoms with Gasteiger partial charge in [-0.1, -0.05) is 49.3 Å². The minimum Gasteiger partial charge on any atom is -0.396 e. The highest BCUT2D eigenvalue weighted by Gasteiger charge is 2.24. The van der Waals surface area contributed by atoms with E-state index in [4.69, 9.17) is 10.3 Å². The molecule has 3 atom stereocenters. The highest BCUT2D eigenvalue weighted by molar-refractivity contribution is 5.13. The summed E-state index contributed by atoms with van der Waals surface area (Å²) in [6.45, 7) is 4.33. The molecule has 1 aromatic rings. The van der Waals surface area contributed by atoms with E-state index in [0.717, 1.165) is 12.0 Å². The van der Waals surface area contributed by atoms with Gasteiger partial charge in [0.2, 0.25) is 0 Å². The average Bonchev–Trinajstić information content (AvgIpc) is 2.46. The molecule has 0 spiro atoms. The molecule has 0 aromatic heterocycles. The fraction of sp³-hybridized carbons (Fsp3) is 0.571. The molecular weight excluding hydrogens is 242 g/mol. The summed E-state index contributed by atoms with van der Waals surface area (Å²) in [6.07, 6.45) is 0.772. The lowest BCUT2D eigenvalue weighted by Gasteiger charge is -2.26. The van der Waals surface area contributed by atoms with E-state index in [-0.39, 0.29) is 18.6 Å². The highest BCUT2D eigenvalue weighted by atomic mass is 16.5. The van der Waals surface area contributed by atoms with Gasteiger partial charge in [0.1, 0.15) is 0 Å². The molecule has 0 unspecified atom stereocenters.